The van der Waals surface area contributed by atoms with Crippen molar-refractivity contribution < 1.29 is 4.74 Å². The van der Waals surface area contributed by atoms with E-state index in [-0.39, 0.29) is 0 Å². The molecule has 0 aliphatic carbocycles. The molecule has 0 rings (SSSR count). The lowest BCUT2D eigenvalue weighted by molar-refractivity contribution is 0.0892. The molecule has 2 nitrogen and oxygen atoms in total. The highest BCUT2D eigenvalue weighted by Gasteiger charge is 2.14. The summed E-state index contributed by atoms with van der Waals surface area (Å²) >= 11 is 0. The van der Waals surface area contributed by atoms with Crippen LogP contribution in [0.25, 0.3) is 0 Å². The summed E-state index contributed by atoms with van der Waals surface area (Å²) in [7, 11) is 0. The van der Waals surface area contributed by atoms with E-state index < -0.39 is 0 Å². The van der Waals surface area contributed by atoms with Crippen molar-refractivity contribution >= 4 is 0 Å². The first-order chi connectivity index (χ1) is 8.55. The SMILES string of the molecule is CCCCC(CC)COCCCCC(C)(C)CN. The maximum absolute atomic E-state index is 5.80. The van der Waals surface area contributed by atoms with Crippen molar-refractivity contribution in [3.05, 3.63) is 0 Å². The molecule has 0 radical (unpaired) electrons. The second-order valence-electron chi connectivity index (χ2n) is 6.32. The van der Waals surface area contributed by atoms with Gasteiger partial charge in [-0.25, -0.2) is 0 Å². The quantitative estimate of drug-likeness (QED) is 0.527. The lowest BCUT2D eigenvalue weighted by Gasteiger charge is -2.22. The molecule has 0 saturated carbocycles. The Labute approximate surface area is 115 Å². The first-order valence-electron chi connectivity index (χ1n) is 7.83. The van der Waals surface area contributed by atoms with Crippen LogP contribution < -0.4 is 5.73 Å². The van der Waals surface area contributed by atoms with Crippen molar-refractivity contribution in [2.45, 2.75) is 72.6 Å². The van der Waals surface area contributed by atoms with E-state index in [1.54, 1.807) is 0 Å². The van der Waals surface area contributed by atoms with E-state index in [0.717, 1.165) is 25.7 Å². The summed E-state index contributed by atoms with van der Waals surface area (Å²) in [4.78, 5) is 0. The minimum Gasteiger partial charge on any atom is -0.381 e. The van der Waals surface area contributed by atoms with Gasteiger partial charge in [-0.3, -0.25) is 0 Å². The van der Waals surface area contributed by atoms with Crippen molar-refractivity contribution in [1.29, 1.82) is 0 Å². The zero-order valence-corrected chi connectivity index (χ0v) is 13.1. The Morgan fingerprint density at radius 1 is 1.11 bits per heavy atom. The van der Waals surface area contributed by atoms with Crippen molar-refractivity contribution in [2.75, 3.05) is 19.8 Å². The molecular formula is C16H35NO. The molecule has 0 aromatic rings. The minimum absolute atomic E-state index is 0.299. The molecule has 18 heavy (non-hydrogen) atoms. The lowest BCUT2D eigenvalue weighted by atomic mass is 9.87. The average molecular weight is 257 g/mol. The van der Waals surface area contributed by atoms with Crippen LogP contribution in [0.4, 0.5) is 0 Å². The van der Waals surface area contributed by atoms with Gasteiger partial charge in [-0.1, -0.05) is 53.4 Å². The van der Waals surface area contributed by atoms with Gasteiger partial charge in [0.05, 0.1) is 0 Å². The fourth-order valence-electron chi connectivity index (χ4n) is 2.06. The van der Waals surface area contributed by atoms with Gasteiger partial charge in [-0.2, -0.15) is 0 Å². The Kier molecular flexibility index (Phi) is 10.8. The molecule has 0 spiro atoms. The van der Waals surface area contributed by atoms with Crippen molar-refractivity contribution in [3.63, 3.8) is 0 Å². The fraction of sp³-hybridized carbons (Fsp3) is 1.00. The van der Waals surface area contributed by atoms with E-state index in [1.165, 1.54) is 44.9 Å². The van der Waals surface area contributed by atoms with Crippen molar-refractivity contribution in [3.8, 4) is 0 Å². The zero-order valence-electron chi connectivity index (χ0n) is 13.1. The molecule has 0 fully saturated rings. The highest BCUT2D eigenvalue weighted by atomic mass is 16.5. The van der Waals surface area contributed by atoms with Gasteiger partial charge < -0.3 is 10.5 Å². The number of ether oxygens (including phenoxy) is 1. The molecule has 0 aromatic carbocycles. The number of nitrogens with two attached hydrogens (primary N) is 1. The van der Waals surface area contributed by atoms with Crippen LogP contribution in [0.3, 0.4) is 0 Å². The van der Waals surface area contributed by atoms with Crippen molar-refractivity contribution in [1.82, 2.24) is 0 Å². The summed E-state index contributed by atoms with van der Waals surface area (Å²) in [6.45, 7) is 11.7. The Hall–Kier alpha value is -0.0800. The maximum atomic E-state index is 5.80. The van der Waals surface area contributed by atoms with Gasteiger partial charge >= 0.3 is 0 Å². The fourth-order valence-corrected chi connectivity index (χ4v) is 2.06. The monoisotopic (exact) mass is 257 g/mol. The average Bonchev–Trinajstić information content (AvgIpc) is 2.37. The minimum atomic E-state index is 0.299. The highest BCUT2D eigenvalue weighted by Crippen LogP contribution is 2.21. The highest BCUT2D eigenvalue weighted by molar-refractivity contribution is 4.68. The summed E-state index contributed by atoms with van der Waals surface area (Å²) in [6.07, 6.45) is 8.83. The van der Waals surface area contributed by atoms with Crippen LogP contribution >= 0.6 is 0 Å². The summed E-state index contributed by atoms with van der Waals surface area (Å²) in [5.74, 6) is 0.769. The molecular weight excluding hydrogens is 222 g/mol. The second kappa shape index (κ2) is 10.8. The largest absolute Gasteiger partial charge is 0.381 e. The van der Waals surface area contributed by atoms with Gasteiger partial charge in [0.15, 0.2) is 0 Å². The predicted molar refractivity (Wildman–Crippen MR) is 80.8 cm³/mol. The van der Waals surface area contributed by atoms with E-state index in [4.69, 9.17) is 10.5 Å². The normalized spacial score (nSPS) is 13.8. The third-order valence-corrected chi connectivity index (χ3v) is 3.84. The number of hydrogen-bond donors (Lipinski definition) is 1. The molecule has 1 atom stereocenters. The van der Waals surface area contributed by atoms with Gasteiger partial charge in [0.2, 0.25) is 0 Å². The molecule has 1 unspecified atom stereocenters. The summed E-state index contributed by atoms with van der Waals surface area (Å²) < 4.78 is 5.80. The van der Waals surface area contributed by atoms with Gasteiger partial charge in [-0.05, 0) is 37.1 Å². The molecule has 110 valence electrons. The first-order valence-corrected chi connectivity index (χ1v) is 7.83. The molecule has 0 aromatic heterocycles. The standard InChI is InChI=1S/C16H35NO/c1-5-7-10-15(6-2)13-18-12-9-8-11-16(3,4)14-17/h15H,5-14,17H2,1-4H3. The van der Waals surface area contributed by atoms with Crippen molar-refractivity contribution in [2.24, 2.45) is 17.1 Å². The molecule has 0 amide bonds. The van der Waals surface area contributed by atoms with Crippen LogP contribution in [0.15, 0.2) is 0 Å². The zero-order chi connectivity index (χ0) is 13.9. The lowest BCUT2D eigenvalue weighted by Crippen LogP contribution is -2.23. The smallest absolute Gasteiger partial charge is 0.0494 e. The van der Waals surface area contributed by atoms with E-state index in [9.17, 15) is 0 Å². The second-order valence-corrected chi connectivity index (χ2v) is 6.32. The summed E-state index contributed by atoms with van der Waals surface area (Å²) in [5, 5.41) is 0. The van der Waals surface area contributed by atoms with Crippen LogP contribution in [-0.2, 0) is 4.74 Å². The summed E-state index contributed by atoms with van der Waals surface area (Å²) in [6, 6.07) is 0. The van der Waals surface area contributed by atoms with E-state index in [1.807, 2.05) is 0 Å². The number of hydrogen-bond acceptors (Lipinski definition) is 2. The Bertz CT molecular complexity index is 180. The number of unbranched alkanes of at least 4 members (excludes halogenated alkanes) is 2. The molecule has 0 bridgehead atoms. The molecule has 2 N–H and O–H groups in total. The molecule has 0 heterocycles. The molecule has 2 heteroatoms. The third-order valence-electron chi connectivity index (χ3n) is 3.84. The van der Waals surface area contributed by atoms with Crippen LogP contribution in [0.2, 0.25) is 0 Å². The third kappa shape index (κ3) is 9.90. The van der Waals surface area contributed by atoms with Crippen LogP contribution in [-0.4, -0.2) is 19.8 Å². The van der Waals surface area contributed by atoms with Crippen LogP contribution in [0.1, 0.15) is 72.6 Å². The van der Waals surface area contributed by atoms with Gasteiger partial charge in [0, 0.05) is 13.2 Å². The topological polar surface area (TPSA) is 35.2 Å². The molecule has 0 saturated heterocycles. The van der Waals surface area contributed by atoms with Crippen LogP contribution in [0.5, 0.6) is 0 Å². The maximum Gasteiger partial charge on any atom is 0.0494 e. The van der Waals surface area contributed by atoms with Gasteiger partial charge in [0.25, 0.3) is 0 Å². The van der Waals surface area contributed by atoms with Gasteiger partial charge in [-0.15, -0.1) is 0 Å². The molecule has 0 aliphatic heterocycles. The molecule has 0 aliphatic rings. The van der Waals surface area contributed by atoms with Gasteiger partial charge in [0.1, 0.15) is 0 Å². The van der Waals surface area contributed by atoms with Crippen LogP contribution in [0, 0.1) is 11.3 Å². The number of rotatable bonds is 12. The van der Waals surface area contributed by atoms with E-state index >= 15 is 0 Å². The predicted octanol–water partition coefficient (Wildman–Crippen LogP) is 4.37. The van der Waals surface area contributed by atoms with E-state index in [2.05, 4.69) is 27.7 Å². The van der Waals surface area contributed by atoms with E-state index in [0.29, 0.717) is 5.41 Å². The Morgan fingerprint density at radius 3 is 2.39 bits per heavy atom. The Balaban J connectivity index is 3.43. The summed E-state index contributed by atoms with van der Waals surface area (Å²) in [5.41, 5.74) is 6.02. The first kappa shape index (κ1) is 17.9. The Morgan fingerprint density at radius 2 is 1.83 bits per heavy atom.